The minimum atomic E-state index is -0.809. The van der Waals surface area contributed by atoms with Crippen molar-refractivity contribution in [2.45, 2.75) is 20.8 Å². The second-order valence-electron chi connectivity index (χ2n) is 5.69. The van der Waals surface area contributed by atoms with Crippen LogP contribution in [0.3, 0.4) is 0 Å². The van der Waals surface area contributed by atoms with E-state index in [1.54, 1.807) is 58.2 Å². The molecule has 0 radical (unpaired) electrons. The van der Waals surface area contributed by atoms with Crippen LogP contribution >= 0.6 is 0 Å². The van der Waals surface area contributed by atoms with E-state index < -0.39 is 11.4 Å². The van der Waals surface area contributed by atoms with Crippen LogP contribution in [0, 0.1) is 16.7 Å². The van der Waals surface area contributed by atoms with Gasteiger partial charge in [-0.25, -0.2) is 4.79 Å². The molecule has 0 atom stereocenters. The normalized spacial score (nSPS) is 11.5. The van der Waals surface area contributed by atoms with Crippen LogP contribution in [-0.2, 0) is 14.3 Å². The fourth-order valence-corrected chi connectivity index (χ4v) is 1.43. The molecule has 116 valence electrons. The first kappa shape index (κ1) is 17.4. The molecule has 0 aliphatic heterocycles. The number of Topliss-reactive ketones (excluding diaryl/α,β-unsaturated/α-hetero) is 1. The first-order chi connectivity index (χ1) is 10.3. The van der Waals surface area contributed by atoms with Gasteiger partial charge in [0.1, 0.15) is 17.4 Å². The number of carbonyl (C=O) groups is 2. The summed E-state index contributed by atoms with van der Waals surface area (Å²) >= 11 is 0. The number of nitrogens with zero attached hydrogens (tertiary/aromatic N) is 1. The van der Waals surface area contributed by atoms with Gasteiger partial charge in [0.2, 0.25) is 0 Å². The van der Waals surface area contributed by atoms with E-state index in [4.69, 9.17) is 14.7 Å². The van der Waals surface area contributed by atoms with E-state index in [-0.39, 0.29) is 18.0 Å². The Kier molecular flexibility index (Phi) is 5.88. The molecule has 0 fully saturated rings. The van der Waals surface area contributed by atoms with E-state index in [0.717, 1.165) is 0 Å². The molecule has 0 saturated heterocycles. The van der Waals surface area contributed by atoms with Crippen molar-refractivity contribution < 1.29 is 19.1 Å². The van der Waals surface area contributed by atoms with Gasteiger partial charge >= 0.3 is 5.97 Å². The van der Waals surface area contributed by atoms with Crippen molar-refractivity contribution in [3.8, 4) is 11.8 Å². The lowest BCUT2D eigenvalue weighted by atomic mass is 9.91. The summed E-state index contributed by atoms with van der Waals surface area (Å²) in [4.78, 5) is 23.6. The van der Waals surface area contributed by atoms with Gasteiger partial charge in [-0.3, -0.25) is 4.79 Å². The summed E-state index contributed by atoms with van der Waals surface area (Å²) in [5.41, 5.74) is -0.0874. The number of methoxy groups -OCH3 is 1. The number of ketones is 1. The highest BCUT2D eigenvalue weighted by Gasteiger charge is 2.23. The second-order valence-corrected chi connectivity index (χ2v) is 5.69. The predicted octanol–water partition coefficient (Wildman–Crippen LogP) is 2.76. The fourth-order valence-electron chi connectivity index (χ4n) is 1.43. The van der Waals surface area contributed by atoms with Gasteiger partial charge in [-0.05, 0) is 23.8 Å². The van der Waals surface area contributed by atoms with E-state index in [1.807, 2.05) is 0 Å². The minimum absolute atomic E-state index is 0.160. The van der Waals surface area contributed by atoms with Crippen LogP contribution in [0.25, 0.3) is 6.08 Å². The molecule has 0 spiro atoms. The van der Waals surface area contributed by atoms with E-state index in [2.05, 4.69) is 0 Å². The van der Waals surface area contributed by atoms with Gasteiger partial charge in [-0.1, -0.05) is 32.9 Å². The fraction of sp³-hybridized carbons (Fsp3) is 0.353. The predicted molar refractivity (Wildman–Crippen MR) is 82.0 cm³/mol. The zero-order valence-electron chi connectivity index (χ0n) is 13.2. The molecule has 0 aromatic heterocycles. The second kappa shape index (κ2) is 7.41. The van der Waals surface area contributed by atoms with E-state index in [1.165, 1.54) is 6.08 Å². The molecule has 0 amide bonds. The molecular formula is C17H19NO4. The topological polar surface area (TPSA) is 76.4 Å². The highest BCUT2D eigenvalue weighted by Crippen LogP contribution is 2.16. The number of ether oxygens (including phenoxy) is 2. The Hall–Kier alpha value is -2.61. The standard InChI is InChI=1S/C17H19NO4/c1-17(2,3)15(19)11-22-16(20)13(10-18)9-12-5-7-14(21-4)8-6-12/h5-9H,11H2,1-4H3/b13-9+. The van der Waals surface area contributed by atoms with E-state index in [0.29, 0.717) is 11.3 Å². The molecular weight excluding hydrogens is 282 g/mol. The number of benzene rings is 1. The molecule has 0 saturated carbocycles. The summed E-state index contributed by atoms with van der Waals surface area (Å²) in [6, 6.07) is 8.64. The molecule has 22 heavy (non-hydrogen) atoms. The van der Waals surface area contributed by atoms with Gasteiger partial charge in [-0.15, -0.1) is 0 Å². The average Bonchev–Trinajstić information content (AvgIpc) is 2.49. The maximum absolute atomic E-state index is 11.8. The maximum atomic E-state index is 11.8. The lowest BCUT2D eigenvalue weighted by molar-refractivity contribution is -0.146. The quantitative estimate of drug-likeness (QED) is 0.475. The average molecular weight is 301 g/mol. The van der Waals surface area contributed by atoms with Crippen molar-refractivity contribution in [2.24, 2.45) is 5.41 Å². The van der Waals surface area contributed by atoms with E-state index >= 15 is 0 Å². The summed E-state index contributed by atoms with van der Waals surface area (Å²) in [5, 5.41) is 9.05. The van der Waals surface area contributed by atoms with Crippen molar-refractivity contribution in [3.63, 3.8) is 0 Å². The number of carbonyl (C=O) groups excluding carboxylic acids is 2. The summed E-state index contributed by atoms with van der Waals surface area (Å²) in [5.74, 6) is -0.340. The molecule has 0 bridgehead atoms. The molecule has 0 unspecified atom stereocenters. The van der Waals surface area contributed by atoms with Crippen LogP contribution in [-0.4, -0.2) is 25.5 Å². The zero-order valence-corrected chi connectivity index (χ0v) is 13.2. The summed E-state index contributed by atoms with van der Waals surface area (Å²) in [6.07, 6.45) is 1.41. The molecule has 0 aliphatic carbocycles. The summed E-state index contributed by atoms with van der Waals surface area (Å²) in [7, 11) is 1.55. The van der Waals surface area contributed by atoms with Gasteiger partial charge in [0.05, 0.1) is 7.11 Å². The third-order valence-corrected chi connectivity index (χ3v) is 2.94. The maximum Gasteiger partial charge on any atom is 0.349 e. The van der Waals surface area contributed by atoms with Crippen molar-refractivity contribution in [1.82, 2.24) is 0 Å². The van der Waals surface area contributed by atoms with Crippen LogP contribution in [0.2, 0.25) is 0 Å². The van der Waals surface area contributed by atoms with E-state index in [9.17, 15) is 9.59 Å². The number of rotatable bonds is 5. The van der Waals surface area contributed by atoms with Crippen molar-refractivity contribution in [1.29, 1.82) is 5.26 Å². The van der Waals surface area contributed by atoms with Gasteiger partial charge < -0.3 is 9.47 Å². The molecule has 0 N–H and O–H groups in total. The van der Waals surface area contributed by atoms with Gasteiger partial charge in [-0.2, -0.15) is 5.26 Å². The van der Waals surface area contributed by atoms with Crippen LogP contribution in [0.4, 0.5) is 0 Å². The van der Waals surface area contributed by atoms with Gasteiger partial charge in [0, 0.05) is 5.41 Å². The largest absolute Gasteiger partial charge is 0.497 e. The van der Waals surface area contributed by atoms with Crippen LogP contribution in [0.1, 0.15) is 26.3 Å². The lowest BCUT2D eigenvalue weighted by Gasteiger charge is -2.15. The Morgan fingerprint density at radius 2 is 1.82 bits per heavy atom. The molecule has 5 heteroatoms. The van der Waals surface area contributed by atoms with Crippen LogP contribution in [0.15, 0.2) is 29.8 Å². The Bertz CT molecular complexity index is 616. The van der Waals surface area contributed by atoms with Crippen molar-refractivity contribution >= 4 is 17.8 Å². The third kappa shape index (κ3) is 5.06. The molecule has 1 aromatic rings. The van der Waals surface area contributed by atoms with Crippen molar-refractivity contribution in [2.75, 3.05) is 13.7 Å². The molecule has 0 heterocycles. The molecule has 0 aliphatic rings. The minimum Gasteiger partial charge on any atom is -0.497 e. The van der Waals surface area contributed by atoms with Gasteiger partial charge in [0.15, 0.2) is 12.4 Å². The lowest BCUT2D eigenvalue weighted by Crippen LogP contribution is -2.26. The zero-order chi connectivity index (χ0) is 16.8. The molecule has 5 nitrogen and oxygen atoms in total. The van der Waals surface area contributed by atoms with Crippen molar-refractivity contribution in [3.05, 3.63) is 35.4 Å². The number of nitriles is 1. The van der Waals surface area contributed by atoms with Crippen LogP contribution in [0.5, 0.6) is 5.75 Å². The van der Waals surface area contributed by atoms with Crippen LogP contribution < -0.4 is 4.74 Å². The number of hydrogen-bond acceptors (Lipinski definition) is 5. The summed E-state index contributed by atoms with van der Waals surface area (Å²) in [6.45, 7) is 4.87. The number of esters is 1. The SMILES string of the molecule is COc1ccc(/C=C(\C#N)C(=O)OCC(=O)C(C)(C)C)cc1. The summed E-state index contributed by atoms with van der Waals surface area (Å²) < 4.78 is 9.93. The third-order valence-electron chi connectivity index (χ3n) is 2.94. The highest BCUT2D eigenvalue weighted by atomic mass is 16.5. The Balaban J connectivity index is 2.78. The monoisotopic (exact) mass is 301 g/mol. The Labute approximate surface area is 130 Å². The Morgan fingerprint density at radius 1 is 1.23 bits per heavy atom. The Morgan fingerprint density at radius 3 is 2.27 bits per heavy atom. The van der Waals surface area contributed by atoms with Gasteiger partial charge in [0.25, 0.3) is 0 Å². The molecule has 1 rings (SSSR count). The highest BCUT2D eigenvalue weighted by molar-refractivity contribution is 5.99. The molecule has 1 aromatic carbocycles. The first-order valence-corrected chi connectivity index (χ1v) is 6.74. The smallest absolute Gasteiger partial charge is 0.349 e. The first-order valence-electron chi connectivity index (χ1n) is 6.74. The number of hydrogen-bond donors (Lipinski definition) is 0.